The number of nitrogens with zero attached hydrogens (tertiary/aromatic N) is 3. The van der Waals surface area contributed by atoms with Crippen LogP contribution in [0.1, 0.15) is 28.4 Å². The number of carbonyl (C=O) groups excluding carboxylic acids is 2. The lowest BCUT2D eigenvalue weighted by Crippen LogP contribution is -2.39. The molecule has 1 aromatic heterocycles. The van der Waals surface area contributed by atoms with Crippen LogP contribution in [0.25, 0.3) is 5.69 Å². The summed E-state index contributed by atoms with van der Waals surface area (Å²) in [6, 6.07) is 14.8. The molecule has 0 saturated carbocycles. The topological polar surface area (TPSA) is 81.2 Å². The number of nitrogens with two attached hydrogens (primary N) is 1. The second kappa shape index (κ2) is 6.68. The summed E-state index contributed by atoms with van der Waals surface area (Å²) in [6.07, 6.45) is 2.08. The molecule has 6 nitrogen and oxygen atoms in total. The maximum atomic E-state index is 13.4. The molecule has 0 spiro atoms. The lowest BCUT2D eigenvalue weighted by Gasteiger charge is -2.32. The average Bonchev–Trinajstić information content (AvgIpc) is 3.16. The van der Waals surface area contributed by atoms with Crippen LogP contribution in [-0.2, 0) is 4.79 Å². The number of amides is 2. The number of aromatic nitrogens is 2. The van der Waals surface area contributed by atoms with Crippen molar-refractivity contribution in [2.75, 3.05) is 11.4 Å². The Bertz CT molecular complexity index is 1030. The minimum absolute atomic E-state index is 0.242. The molecule has 7 heteroatoms. The van der Waals surface area contributed by atoms with Crippen LogP contribution in [0.2, 0.25) is 0 Å². The van der Waals surface area contributed by atoms with Gasteiger partial charge in [-0.3, -0.25) is 9.59 Å². The predicted molar refractivity (Wildman–Crippen MR) is 98.2 cm³/mol. The Labute approximate surface area is 155 Å². The van der Waals surface area contributed by atoms with Crippen molar-refractivity contribution in [3.63, 3.8) is 0 Å². The molecule has 2 heterocycles. The van der Waals surface area contributed by atoms with Crippen LogP contribution in [-0.4, -0.2) is 28.1 Å². The first kappa shape index (κ1) is 17.0. The monoisotopic (exact) mass is 364 g/mol. The molecule has 0 aliphatic carbocycles. The van der Waals surface area contributed by atoms with Gasteiger partial charge in [0.05, 0.1) is 11.6 Å². The number of hydrogen-bond donors (Lipinski definition) is 1. The number of halogens is 1. The Balaban J connectivity index is 1.66. The van der Waals surface area contributed by atoms with Gasteiger partial charge in [0.25, 0.3) is 5.91 Å². The molecule has 0 unspecified atom stereocenters. The summed E-state index contributed by atoms with van der Waals surface area (Å²) in [5.74, 6) is -1.46. The summed E-state index contributed by atoms with van der Waals surface area (Å²) < 4.78 is 14.9. The molecule has 2 N–H and O–H groups in total. The van der Waals surface area contributed by atoms with Gasteiger partial charge in [-0.2, -0.15) is 5.10 Å². The zero-order valence-corrected chi connectivity index (χ0v) is 14.4. The summed E-state index contributed by atoms with van der Waals surface area (Å²) >= 11 is 0. The third kappa shape index (κ3) is 3.08. The van der Waals surface area contributed by atoms with E-state index < -0.39 is 11.8 Å². The molecule has 0 radical (unpaired) electrons. The van der Waals surface area contributed by atoms with Gasteiger partial charge in [-0.25, -0.2) is 9.07 Å². The normalized spacial score (nSPS) is 16.0. The maximum Gasteiger partial charge on any atom is 0.278 e. The van der Waals surface area contributed by atoms with E-state index in [9.17, 15) is 14.0 Å². The van der Waals surface area contributed by atoms with Gasteiger partial charge in [-0.05, 0) is 42.3 Å². The van der Waals surface area contributed by atoms with Gasteiger partial charge in [-0.15, -0.1) is 0 Å². The van der Waals surface area contributed by atoms with Crippen LogP contribution in [0.5, 0.6) is 0 Å². The fourth-order valence-electron chi connectivity index (χ4n) is 3.41. The van der Waals surface area contributed by atoms with Crippen molar-refractivity contribution >= 4 is 17.5 Å². The lowest BCUT2D eigenvalue weighted by molar-refractivity contribution is -0.119. The van der Waals surface area contributed by atoms with Crippen molar-refractivity contribution in [3.05, 3.63) is 77.9 Å². The van der Waals surface area contributed by atoms with Gasteiger partial charge in [0, 0.05) is 18.4 Å². The van der Waals surface area contributed by atoms with Gasteiger partial charge in [-0.1, -0.05) is 24.3 Å². The summed E-state index contributed by atoms with van der Waals surface area (Å²) in [6.45, 7) is 0.371. The van der Waals surface area contributed by atoms with E-state index in [0.717, 1.165) is 5.56 Å². The van der Waals surface area contributed by atoms with Gasteiger partial charge < -0.3 is 10.6 Å². The van der Waals surface area contributed by atoms with Crippen LogP contribution in [0.3, 0.4) is 0 Å². The van der Waals surface area contributed by atoms with Crippen LogP contribution in [0.15, 0.2) is 60.8 Å². The maximum absolute atomic E-state index is 13.4. The standard InChI is InChI=1S/C20H17FN4O2/c21-13-4-3-5-14(12-13)25-11-9-17(23-25)20(27)24-10-8-16(19(22)26)15-6-1-2-7-18(15)24/h1-7,9,11-12,16H,8,10H2,(H2,22,26)/t16-/m0/s1. The number of carbonyl (C=O) groups is 2. The molecule has 136 valence electrons. The highest BCUT2D eigenvalue weighted by Crippen LogP contribution is 2.35. The molecule has 2 aromatic carbocycles. The van der Waals surface area contributed by atoms with E-state index in [1.807, 2.05) is 18.2 Å². The Morgan fingerprint density at radius 3 is 2.70 bits per heavy atom. The van der Waals surface area contributed by atoms with Crippen molar-refractivity contribution in [1.82, 2.24) is 9.78 Å². The van der Waals surface area contributed by atoms with E-state index in [4.69, 9.17) is 5.73 Å². The fourth-order valence-corrected chi connectivity index (χ4v) is 3.41. The number of para-hydroxylation sites is 1. The zero-order valence-electron chi connectivity index (χ0n) is 14.4. The SMILES string of the molecule is NC(=O)[C@H]1CCN(C(=O)c2ccn(-c3cccc(F)c3)n2)c2ccccc21. The van der Waals surface area contributed by atoms with E-state index >= 15 is 0 Å². The van der Waals surface area contributed by atoms with Gasteiger partial charge in [0.2, 0.25) is 5.91 Å². The first-order chi connectivity index (χ1) is 13.0. The highest BCUT2D eigenvalue weighted by molar-refractivity contribution is 6.06. The third-order valence-corrected chi connectivity index (χ3v) is 4.71. The van der Waals surface area contributed by atoms with Crippen LogP contribution < -0.4 is 10.6 Å². The van der Waals surface area contributed by atoms with E-state index in [-0.39, 0.29) is 17.4 Å². The van der Waals surface area contributed by atoms with Crippen LogP contribution in [0, 0.1) is 5.82 Å². The quantitative estimate of drug-likeness (QED) is 0.776. The number of anilines is 1. The predicted octanol–water partition coefficient (Wildman–Crippen LogP) is 2.63. The number of benzene rings is 2. The minimum Gasteiger partial charge on any atom is -0.369 e. The number of fused-ring (bicyclic) bond motifs is 1. The third-order valence-electron chi connectivity index (χ3n) is 4.71. The first-order valence-corrected chi connectivity index (χ1v) is 8.56. The molecule has 1 aliphatic heterocycles. The largest absolute Gasteiger partial charge is 0.369 e. The van der Waals surface area contributed by atoms with E-state index in [0.29, 0.717) is 24.3 Å². The van der Waals surface area contributed by atoms with Gasteiger partial charge in [0.1, 0.15) is 5.82 Å². The fraction of sp³-hybridized carbons (Fsp3) is 0.150. The van der Waals surface area contributed by atoms with Gasteiger partial charge >= 0.3 is 0 Å². The number of primary amides is 1. The highest BCUT2D eigenvalue weighted by atomic mass is 19.1. The second-order valence-corrected chi connectivity index (χ2v) is 6.38. The summed E-state index contributed by atoms with van der Waals surface area (Å²) in [4.78, 5) is 26.3. The van der Waals surface area contributed by atoms with Crippen molar-refractivity contribution in [1.29, 1.82) is 0 Å². The van der Waals surface area contributed by atoms with Crippen LogP contribution in [0.4, 0.5) is 10.1 Å². The smallest absolute Gasteiger partial charge is 0.278 e. The van der Waals surface area contributed by atoms with Crippen molar-refractivity contribution < 1.29 is 14.0 Å². The molecule has 0 fully saturated rings. The molecule has 1 aliphatic rings. The Kier molecular flexibility index (Phi) is 4.19. The molecule has 1 atom stereocenters. The average molecular weight is 364 g/mol. The molecule has 27 heavy (non-hydrogen) atoms. The van der Waals surface area contributed by atoms with E-state index in [1.54, 1.807) is 35.4 Å². The number of hydrogen-bond acceptors (Lipinski definition) is 3. The summed E-state index contributed by atoms with van der Waals surface area (Å²) in [5, 5.41) is 4.29. The van der Waals surface area contributed by atoms with Crippen molar-refractivity contribution in [3.8, 4) is 5.69 Å². The Hall–Kier alpha value is -3.48. The van der Waals surface area contributed by atoms with Crippen molar-refractivity contribution in [2.45, 2.75) is 12.3 Å². The van der Waals surface area contributed by atoms with E-state index in [1.165, 1.54) is 16.8 Å². The molecular formula is C20H17FN4O2. The highest BCUT2D eigenvalue weighted by Gasteiger charge is 2.32. The molecule has 4 rings (SSSR count). The molecule has 0 bridgehead atoms. The lowest BCUT2D eigenvalue weighted by atomic mass is 9.89. The second-order valence-electron chi connectivity index (χ2n) is 6.38. The Morgan fingerprint density at radius 2 is 1.93 bits per heavy atom. The Morgan fingerprint density at radius 1 is 1.11 bits per heavy atom. The molecular weight excluding hydrogens is 347 g/mol. The van der Waals surface area contributed by atoms with Crippen molar-refractivity contribution in [2.24, 2.45) is 5.73 Å². The summed E-state index contributed by atoms with van der Waals surface area (Å²) in [5.41, 5.74) is 7.69. The number of rotatable bonds is 3. The summed E-state index contributed by atoms with van der Waals surface area (Å²) in [7, 11) is 0. The molecule has 2 amide bonds. The minimum atomic E-state index is -0.407. The van der Waals surface area contributed by atoms with Gasteiger partial charge in [0.15, 0.2) is 5.69 Å². The zero-order chi connectivity index (χ0) is 19.0. The van der Waals surface area contributed by atoms with E-state index in [2.05, 4.69) is 5.10 Å². The van der Waals surface area contributed by atoms with Crippen LogP contribution >= 0.6 is 0 Å². The molecule has 0 saturated heterocycles. The first-order valence-electron chi connectivity index (χ1n) is 8.56. The molecule has 3 aromatic rings.